The lowest BCUT2D eigenvalue weighted by molar-refractivity contribution is -0.117. The van der Waals surface area contributed by atoms with Crippen LogP contribution >= 0.6 is 0 Å². The predicted octanol–water partition coefficient (Wildman–Crippen LogP) is 0.789. The van der Waals surface area contributed by atoms with Crippen molar-refractivity contribution in [1.82, 2.24) is 10.2 Å². The third-order valence-electron chi connectivity index (χ3n) is 3.20. The van der Waals surface area contributed by atoms with E-state index in [1.807, 2.05) is 13.8 Å². The molecule has 0 aromatic carbocycles. The number of sulfonamides is 1. The summed E-state index contributed by atoms with van der Waals surface area (Å²) in [5, 5.41) is 2.87. The number of nitrogens with zero attached hydrogens (tertiary/aromatic N) is 2. The number of carbonyl (C=O) groups excluding carboxylic acids is 1. The molecule has 110 valence electrons. The van der Waals surface area contributed by atoms with E-state index in [0.29, 0.717) is 12.1 Å². The van der Waals surface area contributed by atoms with E-state index < -0.39 is 10.0 Å². The van der Waals surface area contributed by atoms with E-state index in [0.717, 1.165) is 12.8 Å². The Morgan fingerprint density at radius 3 is 3.00 bits per heavy atom. The van der Waals surface area contributed by atoms with Crippen LogP contribution in [0.4, 0.5) is 0 Å². The minimum atomic E-state index is -3.47. The van der Waals surface area contributed by atoms with Crippen LogP contribution in [0, 0.1) is 0 Å². The van der Waals surface area contributed by atoms with Gasteiger partial charge in [-0.15, -0.1) is 4.40 Å². The van der Waals surface area contributed by atoms with Crippen molar-refractivity contribution in [2.75, 3.05) is 12.3 Å². The molecule has 2 rings (SSSR count). The molecule has 1 atom stereocenters. The summed E-state index contributed by atoms with van der Waals surface area (Å²) in [5.41, 5.74) is 0.304. The van der Waals surface area contributed by atoms with Gasteiger partial charge in [0.15, 0.2) is 5.84 Å². The Labute approximate surface area is 119 Å². The van der Waals surface area contributed by atoms with Gasteiger partial charge >= 0.3 is 0 Å². The molecule has 20 heavy (non-hydrogen) atoms. The molecule has 0 radical (unpaired) electrons. The number of hydrogen-bond acceptors (Lipinski definition) is 4. The first kappa shape index (κ1) is 14.8. The van der Waals surface area contributed by atoms with E-state index in [-0.39, 0.29) is 23.5 Å². The number of hydrogen-bond donors (Lipinski definition) is 1. The molecule has 2 aliphatic rings. The molecule has 6 nitrogen and oxygen atoms in total. The molecule has 0 saturated carbocycles. The van der Waals surface area contributed by atoms with Crippen molar-refractivity contribution < 1.29 is 13.2 Å². The number of carbonyl (C=O) groups is 1. The lowest BCUT2D eigenvalue weighted by Gasteiger charge is -2.29. The van der Waals surface area contributed by atoms with Crippen molar-refractivity contribution in [3.05, 3.63) is 23.9 Å². The van der Waals surface area contributed by atoms with Crippen LogP contribution in [0.1, 0.15) is 26.7 Å². The molecule has 2 heterocycles. The summed E-state index contributed by atoms with van der Waals surface area (Å²) in [7, 11) is -3.47. The lowest BCUT2D eigenvalue weighted by Crippen LogP contribution is -2.43. The fourth-order valence-electron chi connectivity index (χ4n) is 2.20. The Kier molecular flexibility index (Phi) is 4.27. The molecule has 7 heteroatoms. The van der Waals surface area contributed by atoms with Gasteiger partial charge in [-0.1, -0.05) is 13.3 Å². The molecule has 0 spiro atoms. The Bertz CT molecular complexity index is 590. The summed E-state index contributed by atoms with van der Waals surface area (Å²) in [6, 6.07) is 0.0496. The SMILES string of the molecule is CCCC(C)NC(=O)C1=CC=CN2CCS(=O)(=O)N=C12. The first-order chi connectivity index (χ1) is 9.43. The Balaban J connectivity index is 2.22. The zero-order valence-electron chi connectivity index (χ0n) is 11.7. The summed E-state index contributed by atoms with van der Waals surface area (Å²) < 4.78 is 26.9. The number of rotatable bonds is 4. The molecule has 0 aromatic heterocycles. The smallest absolute Gasteiger partial charge is 0.256 e. The average Bonchev–Trinajstić information content (AvgIpc) is 2.37. The predicted molar refractivity (Wildman–Crippen MR) is 77.7 cm³/mol. The van der Waals surface area contributed by atoms with Gasteiger partial charge in [0, 0.05) is 18.8 Å². The third kappa shape index (κ3) is 3.27. The van der Waals surface area contributed by atoms with E-state index in [4.69, 9.17) is 0 Å². The van der Waals surface area contributed by atoms with Crippen molar-refractivity contribution in [2.24, 2.45) is 4.40 Å². The number of nitrogens with one attached hydrogen (secondary N) is 1. The van der Waals surface area contributed by atoms with Crippen LogP contribution < -0.4 is 5.32 Å². The summed E-state index contributed by atoms with van der Waals surface area (Å²) in [4.78, 5) is 13.9. The van der Waals surface area contributed by atoms with E-state index >= 15 is 0 Å². The van der Waals surface area contributed by atoms with Crippen LogP contribution in [-0.2, 0) is 14.8 Å². The van der Waals surface area contributed by atoms with E-state index in [2.05, 4.69) is 9.71 Å². The van der Waals surface area contributed by atoms with Crippen molar-refractivity contribution in [3.63, 3.8) is 0 Å². The third-order valence-corrected chi connectivity index (χ3v) is 4.35. The summed E-state index contributed by atoms with van der Waals surface area (Å²) in [5.74, 6) is -0.0850. The lowest BCUT2D eigenvalue weighted by atomic mass is 10.1. The van der Waals surface area contributed by atoms with E-state index in [1.165, 1.54) is 0 Å². The van der Waals surface area contributed by atoms with Gasteiger partial charge in [-0.25, -0.2) is 8.42 Å². The van der Waals surface area contributed by atoms with E-state index in [1.54, 1.807) is 23.3 Å². The van der Waals surface area contributed by atoms with Gasteiger partial charge < -0.3 is 10.2 Å². The highest BCUT2D eigenvalue weighted by molar-refractivity contribution is 7.90. The van der Waals surface area contributed by atoms with Crippen molar-refractivity contribution in [2.45, 2.75) is 32.7 Å². The molecule has 1 N–H and O–H groups in total. The standard InChI is InChI=1S/C13H19N3O3S/c1-3-5-10(2)14-13(17)11-6-4-7-16-8-9-20(18,19)15-12(11)16/h4,6-7,10H,3,5,8-9H2,1-2H3,(H,14,17). The van der Waals surface area contributed by atoms with Crippen molar-refractivity contribution >= 4 is 21.8 Å². The average molecular weight is 297 g/mol. The Morgan fingerprint density at radius 1 is 1.55 bits per heavy atom. The molecule has 2 aliphatic heterocycles. The molecule has 0 fully saturated rings. The minimum absolute atomic E-state index is 0.0258. The quantitative estimate of drug-likeness (QED) is 0.832. The first-order valence-corrected chi connectivity index (χ1v) is 8.33. The largest absolute Gasteiger partial charge is 0.349 e. The molecule has 1 amide bonds. The zero-order chi connectivity index (χ0) is 14.8. The number of allylic oxidation sites excluding steroid dienone is 2. The number of amides is 1. The normalized spacial score (nSPS) is 21.6. The van der Waals surface area contributed by atoms with Crippen LogP contribution in [0.25, 0.3) is 0 Å². The van der Waals surface area contributed by atoms with Crippen LogP contribution in [-0.4, -0.2) is 43.4 Å². The highest BCUT2D eigenvalue weighted by Gasteiger charge is 2.30. The van der Waals surface area contributed by atoms with Gasteiger partial charge in [0.25, 0.3) is 15.9 Å². The Morgan fingerprint density at radius 2 is 2.30 bits per heavy atom. The summed E-state index contributed by atoms with van der Waals surface area (Å²) in [6.07, 6.45) is 6.92. The highest BCUT2D eigenvalue weighted by atomic mass is 32.2. The van der Waals surface area contributed by atoms with Crippen LogP contribution in [0.3, 0.4) is 0 Å². The summed E-state index contributed by atoms with van der Waals surface area (Å²) >= 11 is 0. The van der Waals surface area contributed by atoms with Gasteiger partial charge in [0.2, 0.25) is 0 Å². The molecule has 0 aliphatic carbocycles. The van der Waals surface area contributed by atoms with Gasteiger partial charge in [0.05, 0.1) is 11.3 Å². The zero-order valence-corrected chi connectivity index (χ0v) is 12.5. The molecular formula is C13H19N3O3S. The molecule has 0 saturated heterocycles. The second kappa shape index (κ2) is 5.78. The van der Waals surface area contributed by atoms with Gasteiger partial charge in [-0.05, 0) is 25.5 Å². The van der Waals surface area contributed by atoms with Crippen LogP contribution in [0.15, 0.2) is 28.3 Å². The van der Waals surface area contributed by atoms with Crippen molar-refractivity contribution in [3.8, 4) is 0 Å². The van der Waals surface area contributed by atoms with E-state index in [9.17, 15) is 13.2 Å². The summed E-state index contributed by atoms with van der Waals surface area (Å²) in [6.45, 7) is 4.30. The first-order valence-electron chi connectivity index (χ1n) is 6.72. The molecule has 0 bridgehead atoms. The monoisotopic (exact) mass is 297 g/mol. The number of fused-ring (bicyclic) bond motifs is 1. The van der Waals surface area contributed by atoms with Crippen LogP contribution in [0.5, 0.6) is 0 Å². The minimum Gasteiger partial charge on any atom is -0.349 e. The van der Waals surface area contributed by atoms with Gasteiger partial charge in [-0.2, -0.15) is 0 Å². The molecule has 1 unspecified atom stereocenters. The van der Waals surface area contributed by atoms with Gasteiger partial charge in [-0.3, -0.25) is 4.79 Å². The maximum absolute atomic E-state index is 12.2. The topological polar surface area (TPSA) is 78.8 Å². The second-order valence-corrected chi connectivity index (χ2v) is 6.73. The molecular weight excluding hydrogens is 278 g/mol. The Hall–Kier alpha value is -1.63. The highest BCUT2D eigenvalue weighted by Crippen LogP contribution is 2.18. The maximum Gasteiger partial charge on any atom is 0.256 e. The van der Waals surface area contributed by atoms with Crippen LogP contribution in [0.2, 0.25) is 0 Å². The van der Waals surface area contributed by atoms with Gasteiger partial charge in [0.1, 0.15) is 0 Å². The molecule has 0 aromatic rings. The fourth-order valence-corrected chi connectivity index (χ4v) is 3.19. The maximum atomic E-state index is 12.2. The second-order valence-electron chi connectivity index (χ2n) is 4.98. The van der Waals surface area contributed by atoms with Crippen molar-refractivity contribution in [1.29, 1.82) is 0 Å². The fraction of sp³-hybridized carbons (Fsp3) is 0.538. The number of amidine groups is 1.